The van der Waals surface area contributed by atoms with Gasteiger partial charge >= 0.3 is 0 Å². The average molecular weight is 588 g/mol. The van der Waals surface area contributed by atoms with Gasteiger partial charge < -0.3 is 26.4 Å². The highest BCUT2D eigenvalue weighted by atomic mass is 32.2. The number of guanidine groups is 1. The summed E-state index contributed by atoms with van der Waals surface area (Å²) >= 11 is 0. The zero-order chi connectivity index (χ0) is 29.6. The maximum absolute atomic E-state index is 13.0. The third-order valence-corrected chi connectivity index (χ3v) is 9.87. The first-order chi connectivity index (χ1) is 20.1. The van der Waals surface area contributed by atoms with Crippen LogP contribution in [0.1, 0.15) is 58.9 Å². The molecule has 6 atom stereocenters. The van der Waals surface area contributed by atoms with Crippen LogP contribution in [-0.2, 0) is 16.5 Å². The van der Waals surface area contributed by atoms with E-state index in [9.17, 15) is 23.2 Å². The minimum absolute atomic E-state index is 0.0867. The second-order valence-electron chi connectivity index (χ2n) is 11.2. The second-order valence-corrected chi connectivity index (χ2v) is 12.8. The number of phenolic OH excluding ortho intramolecular Hbond substituents is 1. The Labute approximate surface area is 244 Å². The molecule has 3 aromatic rings. The molecular formula is C32H33N3O6S. The summed E-state index contributed by atoms with van der Waals surface area (Å²) < 4.78 is 42.9. The number of phenols is 1. The number of benzene rings is 3. The largest absolute Gasteiger partial charge is 0.508 e. The van der Waals surface area contributed by atoms with Crippen LogP contribution in [0.5, 0.6) is 11.5 Å². The van der Waals surface area contributed by atoms with E-state index in [-0.39, 0.29) is 30.0 Å². The van der Waals surface area contributed by atoms with E-state index < -0.39 is 33.6 Å². The smallest absolute Gasteiger partial charge is 0.268 e. The predicted molar refractivity (Wildman–Crippen MR) is 160 cm³/mol. The van der Waals surface area contributed by atoms with Crippen molar-refractivity contribution >= 4 is 22.2 Å². The number of aryl methyl sites for hydroxylation is 1. The molecule has 3 aromatic carbocycles. The monoisotopic (exact) mass is 587 g/mol. The van der Waals surface area contributed by atoms with Crippen LogP contribution in [0.25, 0.3) is 6.08 Å². The van der Waals surface area contributed by atoms with Crippen LogP contribution < -0.4 is 16.2 Å². The van der Waals surface area contributed by atoms with E-state index in [1.165, 1.54) is 12.1 Å². The van der Waals surface area contributed by atoms with Crippen LogP contribution in [0.4, 0.5) is 0 Å². The van der Waals surface area contributed by atoms with Crippen molar-refractivity contribution in [2.45, 2.75) is 42.8 Å². The van der Waals surface area contributed by atoms with Gasteiger partial charge in [-0.15, -0.1) is 0 Å². The minimum atomic E-state index is -4.49. The summed E-state index contributed by atoms with van der Waals surface area (Å²) in [5.41, 5.74) is 16.2. The molecule has 0 fully saturated rings. The number of nitrogens with zero attached hydrogens (tertiary/aromatic N) is 1. The number of nitrogens with two attached hydrogens (primary N) is 2. The molecule has 6 aliphatic rings. The molecule has 0 saturated carbocycles. The number of ether oxygens (including phenoxy) is 1. The molecule has 4 aliphatic heterocycles. The van der Waals surface area contributed by atoms with Crippen LogP contribution in [0.2, 0.25) is 0 Å². The van der Waals surface area contributed by atoms with Gasteiger partial charge in [0.2, 0.25) is 6.23 Å². The van der Waals surface area contributed by atoms with Gasteiger partial charge in [-0.1, -0.05) is 54.6 Å². The maximum atomic E-state index is 13.0. The van der Waals surface area contributed by atoms with Gasteiger partial charge in [-0.3, -0.25) is 4.55 Å². The van der Waals surface area contributed by atoms with E-state index >= 15 is 0 Å². The molecule has 4 heterocycles. The Bertz CT molecular complexity index is 1680. The number of aliphatic hydroxyl groups is 1. The number of hydrogen-bond acceptors (Lipinski definition) is 6. The molecule has 9 nitrogen and oxygen atoms in total. The summed E-state index contributed by atoms with van der Waals surface area (Å²) in [5, 5.41) is 20.0. The molecule has 7 N–H and O–H groups in total. The Morgan fingerprint density at radius 1 is 1.02 bits per heavy atom. The number of aliphatic hydroxyl groups excluding tert-OH is 1. The second kappa shape index (κ2) is 10.9. The molecule has 218 valence electrons. The van der Waals surface area contributed by atoms with Crippen molar-refractivity contribution in [2.75, 3.05) is 0 Å². The summed E-state index contributed by atoms with van der Waals surface area (Å²) in [4.78, 5) is 4.31. The molecule has 0 unspecified atom stereocenters. The highest BCUT2D eigenvalue weighted by molar-refractivity contribution is 7.86. The van der Waals surface area contributed by atoms with Crippen LogP contribution in [0.3, 0.4) is 0 Å². The topological polar surface area (TPSA) is 168 Å². The maximum Gasteiger partial charge on any atom is 0.268 e. The lowest BCUT2D eigenvalue weighted by atomic mass is 9.64. The Hall–Kier alpha value is -4.12. The van der Waals surface area contributed by atoms with Crippen molar-refractivity contribution in [1.29, 1.82) is 0 Å². The lowest BCUT2D eigenvalue weighted by Crippen LogP contribution is -2.39. The molecular weight excluding hydrogens is 554 g/mol. The van der Waals surface area contributed by atoms with E-state index in [2.05, 4.69) is 4.99 Å². The number of aliphatic imine (C=N–C) groups is 1. The van der Waals surface area contributed by atoms with Gasteiger partial charge in [0.25, 0.3) is 10.1 Å². The molecule has 0 radical (unpaired) electrons. The van der Waals surface area contributed by atoms with Gasteiger partial charge in [-0.05, 0) is 89.3 Å². The predicted octanol–water partition coefficient (Wildman–Crippen LogP) is 4.35. The Balaban J connectivity index is 1.51. The molecule has 0 spiro atoms. The van der Waals surface area contributed by atoms with E-state index in [1.54, 1.807) is 24.3 Å². The van der Waals surface area contributed by atoms with Crippen LogP contribution in [0.15, 0.2) is 89.4 Å². The van der Waals surface area contributed by atoms with Crippen molar-refractivity contribution < 1.29 is 27.9 Å². The number of aromatic hydroxyl groups is 1. The molecule has 2 aliphatic carbocycles. The van der Waals surface area contributed by atoms with Gasteiger partial charge in [0.05, 0.1) is 5.25 Å². The van der Waals surface area contributed by atoms with Crippen molar-refractivity contribution in [3.63, 3.8) is 0 Å². The zero-order valence-corrected chi connectivity index (χ0v) is 23.6. The number of allylic oxidation sites excluding steroid dienone is 2. The Morgan fingerprint density at radius 2 is 1.76 bits per heavy atom. The summed E-state index contributed by atoms with van der Waals surface area (Å²) in [6.07, 6.45) is 5.19. The normalized spacial score (nSPS) is 25.5. The van der Waals surface area contributed by atoms with E-state index in [1.807, 2.05) is 48.6 Å². The van der Waals surface area contributed by atoms with Crippen molar-refractivity contribution in [2.24, 2.45) is 28.3 Å². The Morgan fingerprint density at radius 3 is 2.45 bits per heavy atom. The molecule has 42 heavy (non-hydrogen) atoms. The molecule has 0 saturated heterocycles. The van der Waals surface area contributed by atoms with Crippen LogP contribution in [-0.4, -0.2) is 34.4 Å². The quantitative estimate of drug-likeness (QED) is 0.130. The van der Waals surface area contributed by atoms with Gasteiger partial charge in [-0.2, -0.15) is 8.42 Å². The van der Waals surface area contributed by atoms with E-state index in [0.29, 0.717) is 29.7 Å². The molecule has 10 heteroatoms. The first-order valence-electron chi connectivity index (χ1n) is 13.9. The third-order valence-electron chi connectivity index (χ3n) is 8.56. The standard InChI is InChI=1S/C32H33N3O6S/c33-32(34)35-31-22-8-13-26-20(15-22)4-5-21-16-23(30(37)19-6-9-24(36)10-7-19)17-27(29(21)26)28(42(38,39)40)14-3-18-1-11-25(41-31)12-2-18/h1-2,4-13,15,17,21,27-31,36-37H,3,14,16H2,(H4,33,34,35)(H,38,39,40)/t21-,27+,28-,29-,30+,31-/m1/s1. The highest BCUT2D eigenvalue weighted by Gasteiger charge is 2.44. The van der Waals surface area contributed by atoms with Gasteiger partial charge in [0, 0.05) is 11.5 Å². The summed E-state index contributed by atoms with van der Waals surface area (Å²) in [6, 6.07) is 19.4. The molecule has 0 aromatic heterocycles. The number of rotatable bonds is 4. The number of hydrogen-bond donors (Lipinski definition) is 5. The first-order valence-corrected chi connectivity index (χ1v) is 15.4. The molecule has 6 bridgehead atoms. The van der Waals surface area contributed by atoms with Gasteiger partial charge in [0.15, 0.2) is 5.96 Å². The summed E-state index contributed by atoms with van der Waals surface area (Å²) in [7, 11) is -4.49. The summed E-state index contributed by atoms with van der Waals surface area (Å²) in [5.74, 6) is -0.489. The fourth-order valence-electron chi connectivity index (χ4n) is 6.58. The SMILES string of the molecule is NC(N)=N[C@@H]1Oc2ccc(cc2)CC[C@@H](S(=O)(=O)O)[C@@H]2C=C([C@@H](O)c3ccc(O)cc3)C[C@H]3C=Cc4cc1ccc4[C@H]23. The first kappa shape index (κ1) is 28.0. The Kier molecular flexibility index (Phi) is 7.30. The molecule has 0 amide bonds. The van der Waals surface area contributed by atoms with Crippen molar-refractivity contribution in [1.82, 2.24) is 0 Å². The lowest BCUT2D eigenvalue weighted by molar-refractivity contribution is 0.196. The third kappa shape index (κ3) is 5.53. The zero-order valence-electron chi connectivity index (χ0n) is 22.7. The lowest BCUT2D eigenvalue weighted by Gasteiger charge is -2.42. The fraction of sp³-hybridized carbons (Fsp3) is 0.281. The van der Waals surface area contributed by atoms with Crippen molar-refractivity contribution in [3.05, 3.63) is 112 Å². The highest BCUT2D eigenvalue weighted by Crippen LogP contribution is 2.51. The van der Waals surface area contributed by atoms with Crippen LogP contribution >= 0.6 is 0 Å². The minimum Gasteiger partial charge on any atom is -0.508 e. The average Bonchev–Trinajstić information content (AvgIpc) is 2.96. The summed E-state index contributed by atoms with van der Waals surface area (Å²) in [6.45, 7) is 0. The van der Waals surface area contributed by atoms with E-state index in [4.69, 9.17) is 16.2 Å². The fourth-order valence-corrected chi connectivity index (χ4v) is 7.64. The van der Waals surface area contributed by atoms with E-state index in [0.717, 1.165) is 22.3 Å². The van der Waals surface area contributed by atoms with Gasteiger partial charge in [-0.25, -0.2) is 4.99 Å². The molecule has 9 rings (SSSR count). The van der Waals surface area contributed by atoms with Gasteiger partial charge in [0.1, 0.15) is 17.6 Å². The van der Waals surface area contributed by atoms with Crippen LogP contribution in [0, 0.1) is 11.8 Å². The van der Waals surface area contributed by atoms with Crippen molar-refractivity contribution in [3.8, 4) is 11.5 Å².